The first kappa shape index (κ1) is 19.3. The molecule has 2 aromatic carbocycles. The average Bonchev–Trinajstić information content (AvgIpc) is 2.84. The molecule has 2 aromatic heterocycles. The molecule has 0 atom stereocenters. The molecule has 0 fully saturated rings. The minimum absolute atomic E-state index is 0.0793. The maximum absolute atomic E-state index is 13.1. The molecule has 0 aliphatic rings. The van der Waals surface area contributed by atoms with Crippen molar-refractivity contribution in [1.82, 2.24) is 9.97 Å². The van der Waals surface area contributed by atoms with Crippen LogP contribution in [-0.2, 0) is 0 Å². The topological polar surface area (TPSA) is 61.3 Å². The zero-order chi connectivity index (χ0) is 20.9. The molecule has 0 aliphatic carbocycles. The first-order valence-corrected chi connectivity index (χ1v) is 9.43. The molecule has 0 saturated heterocycles. The Balaban J connectivity index is 1.63. The van der Waals surface area contributed by atoms with Crippen LogP contribution in [0.3, 0.4) is 0 Å². The van der Waals surface area contributed by atoms with Crippen LogP contribution in [0.4, 0.5) is 0 Å². The molecule has 0 saturated carbocycles. The van der Waals surface area contributed by atoms with E-state index >= 15 is 0 Å². The predicted molar refractivity (Wildman–Crippen MR) is 116 cm³/mol. The largest absolute Gasteiger partial charge is 0.497 e. The molecule has 30 heavy (non-hydrogen) atoms. The van der Waals surface area contributed by atoms with Gasteiger partial charge in [0, 0.05) is 34.6 Å². The van der Waals surface area contributed by atoms with Crippen molar-refractivity contribution in [3.05, 3.63) is 96.3 Å². The number of ether oxygens (including phenoxy) is 2. The van der Waals surface area contributed by atoms with Crippen molar-refractivity contribution in [2.24, 2.45) is 0 Å². The van der Waals surface area contributed by atoms with Crippen LogP contribution in [-0.4, -0.2) is 30.0 Å². The van der Waals surface area contributed by atoms with Crippen molar-refractivity contribution in [2.45, 2.75) is 0 Å². The van der Waals surface area contributed by atoms with Gasteiger partial charge in [-0.05, 0) is 72.8 Å². The first-order valence-electron chi connectivity index (χ1n) is 9.43. The van der Waals surface area contributed by atoms with E-state index in [0.717, 1.165) is 34.0 Å². The summed E-state index contributed by atoms with van der Waals surface area (Å²) in [5.74, 6) is 1.46. The van der Waals surface area contributed by atoms with Crippen LogP contribution < -0.4 is 9.47 Å². The molecule has 148 valence electrons. The number of pyridine rings is 2. The van der Waals surface area contributed by atoms with Gasteiger partial charge in [-0.1, -0.05) is 0 Å². The standard InChI is InChI=1S/C25H20N2O3/c1-29-21-7-3-17(4-8-21)23-15-19(11-13-26-23)25(28)20-12-14-27-24(16-20)18-5-9-22(30-2)10-6-18/h3-16H,1-2H3. The summed E-state index contributed by atoms with van der Waals surface area (Å²) in [6, 6.07) is 22.2. The molecule has 4 rings (SSSR count). The van der Waals surface area contributed by atoms with Crippen molar-refractivity contribution < 1.29 is 14.3 Å². The summed E-state index contributed by atoms with van der Waals surface area (Å²) in [4.78, 5) is 21.9. The molecule has 0 spiro atoms. The third kappa shape index (κ3) is 4.05. The van der Waals surface area contributed by atoms with Crippen molar-refractivity contribution in [3.8, 4) is 34.0 Å². The van der Waals surface area contributed by atoms with Crippen LogP contribution >= 0.6 is 0 Å². The number of rotatable bonds is 6. The fourth-order valence-corrected chi connectivity index (χ4v) is 3.15. The highest BCUT2D eigenvalue weighted by Gasteiger charge is 2.13. The highest BCUT2D eigenvalue weighted by atomic mass is 16.5. The minimum atomic E-state index is -0.0793. The van der Waals surface area contributed by atoms with Crippen molar-refractivity contribution in [1.29, 1.82) is 0 Å². The van der Waals surface area contributed by atoms with Gasteiger partial charge in [0.25, 0.3) is 0 Å². The highest BCUT2D eigenvalue weighted by molar-refractivity contribution is 6.09. The van der Waals surface area contributed by atoms with Gasteiger partial charge in [-0.25, -0.2) is 0 Å². The van der Waals surface area contributed by atoms with Gasteiger partial charge >= 0.3 is 0 Å². The van der Waals surface area contributed by atoms with Crippen LogP contribution in [0.2, 0.25) is 0 Å². The second-order valence-corrected chi connectivity index (χ2v) is 6.65. The molecule has 4 aromatic rings. The Morgan fingerprint density at radius 2 is 1.03 bits per heavy atom. The molecule has 0 unspecified atom stereocenters. The molecule has 2 heterocycles. The van der Waals surface area contributed by atoms with E-state index in [1.165, 1.54) is 0 Å². The normalized spacial score (nSPS) is 10.5. The van der Waals surface area contributed by atoms with E-state index in [4.69, 9.17) is 9.47 Å². The lowest BCUT2D eigenvalue weighted by Crippen LogP contribution is -2.03. The highest BCUT2D eigenvalue weighted by Crippen LogP contribution is 2.24. The maximum Gasteiger partial charge on any atom is 0.193 e. The van der Waals surface area contributed by atoms with Crippen LogP contribution in [0, 0.1) is 0 Å². The lowest BCUT2D eigenvalue weighted by atomic mass is 10.0. The van der Waals surface area contributed by atoms with Crippen molar-refractivity contribution in [2.75, 3.05) is 14.2 Å². The Morgan fingerprint density at radius 3 is 1.40 bits per heavy atom. The second-order valence-electron chi connectivity index (χ2n) is 6.65. The van der Waals surface area contributed by atoms with E-state index in [-0.39, 0.29) is 5.78 Å². The number of ketones is 1. The zero-order valence-electron chi connectivity index (χ0n) is 16.7. The molecular weight excluding hydrogens is 376 g/mol. The SMILES string of the molecule is COc1ccc(-c2cc(C(=O)c3ccnc(-c4ccc(OC)cc4)c3)ccn2)cc1. The van der Waals surface area contributed by atoms with Gasteiger partial charge in [0.15, 0.2) is 5.78 Å². The van der Waals surface area contributed by atoms with Crippen LogP contribution in [0.5, 0.6) is 11.5 Å². The number of benzene rings is 2. The number of carbonyl (C=O) groups is 1. The lowest BCUT2D eigenvalue weighted by Gasteiger charge is -2.07. The Morgan fingerprint density at radius 1 is 0.633 bits per heavy atom. The average molecular weight is 396 g/mol. The lowest BCUT2D eigenvalue weighted by molar-refractivity contribution is 0.103. The molecule has 5 heteroatoms. The number of methoxy groups -OCH3 is 2. The number of nitrogens with zero attached hydrogens (tertiary/aromatic N) is 2. The predicted octanol–water partition coefficient (Wildman–Crippen LogP) is 5.06. The Bertz CT molecular complexity index is 1080. The van der Waals surface area contributed by atoms with Crippen molar-refractivity contribution >= 4 is 5.78 Å². The molecule has 0 bridgehead atoms. The smallest absolute Gasteiger partial charge is 0.193 e. The summed E-state index contributed by atoms with van der Waals surface area (Å²) in [5, 5.41) is 0. The summed E-state index contributed by atoms with van der Waals surface area (Å²) in [6.07, 6.45) is 3.30. The number of hydrogen-bond acceptors (Lipinski definition) is 5. The molecule has 0 radical (unpaired) electrons. The quantitative estimate of drug-likeness (QED) is 0.426. The molecule has 0 aliphatic heterocycles. The summed E-state index contributed by atoms with van der Waals surface area (Å²) in [6.45, 7) is 0. The van der Waals surface area contributed by atoms with E-state index in [1.807, 2.05) is 48.5 Å². The minimum Gasteiger partial charge on any atom is -0.497 e. The summed E-state index contributed by atoms with van der Waals surface area (Å²) in [7, 11) is 3.25. The number of carbonyl (C=O) groups excluding carboxylic acids is 1. The third-order valence-corrected chi connectivity index (χ3v) is 4.82. The van der Waals surface area contributed by atoms with E-state index < -0.39 is 0 Å². The van der Waals surface area contributed by atoms with Crippen LogP contribution in [0.25, 0.3) is 22.5 Å². The summed E-state index contributed by atoms with van der Waals surface area (Å²) >= 11 is 0. The Kier molecular flexibility index (Phi) is 5.52. The molecule has 5 nitrogen and oxygen atoms in total. The molecule has 0 N–H and O–H groups in total. The zero-order valence-corrected chi connectivity index (χ0v) is 16.7. The van der Waals surface area contributed by atoms with Crippen LogP contribution in [0.15, 0.2) is 85.2 Å². The summed E-state index contributed by atoms with van der Waals surface area (Å²) in [5.41, 5.74) is 4.43. The van der Waals surface area contributed by atoms with E-state index in [2.05, 4.69) is 9.97 Å². The Hall–Kier alpha value is -3.99. The van der Waals surface area contributed by atoms with Gasteiger partial charge < -0.3 is 9.47 Å². The maximum atomic E-state index is 13.1. The number of hydrogen-bond donors (Lipinski definition) is 0. The monoisotopic (exact) mass is 396 g/mol. The van der Waals surface area contributed by atoms with Crippen LogP contribution in [0.1, 0.15) is 15.9 Å². The van der Waals surface area contributed by atoms with E-state index in [1.54, 1.807) is 50.9 Å². The molecule has 0 amide bonds. The number of aromatic nitrogens is 2. The third-order valence-electron chi connectivity index (χ3n) is 4.82. The van der Waals surface area contributed by atoms with Gasteiger partial charge in [0.2, 0.25) is 0 Å². The summed E-state index contributed by atoms with van der Waals surface area (Å²) < 4.78 is 10.4. The van der Waals surface area contributed by atoms with Gasteiger partial charge in [-0.15, -0.1) is 0 Å². The van der Waals surface area contributed by atoms with Crippen molar-refractivity contribution in [3.63, 3.8) is 0 Å². The molecular formula is C25H20N2O3. The fraction of sp³-hybridized carbons (Fsp3) is 0.0800. The Labute approximate surface area is 175 Å². The fourth-order valence-electron chi connectivity index (χ4n) is 3.15. The second kappa shape index (κ2) is 8.57. The van der Waals surface area contributed by atoms with E-state index in [0.29, 0.717) is 11.1 Å². The van der Waals surface area contributed by atoms with Gasteiger partial charge in [-0.3, -0.25) is 14.8 Å². The first-order chi connectivity index (χ1) is 14.7. The van der Waals surface area contributed by atoms with Gasteiger partial charge in [0.1, 0.15) is 11.5 Å². The van der Waals surface area contributed by atoms with E-state index in [9.17, 15) is 4.79 Å². The van der Waals surface area contributed by atoms with Gasteiger partial charge in [0.05, 0.1) is 25.6 Å². The van der Waals surface area contributed by atoms with Gasteiger partial charge in [-0.2, -0.15) is 0 Å².